The van der Waals surface area contributed by atoms with Crippen LogP contribution in [0.2, 0.25) is 5.02 Å². The summed E-state index contributed by atoms with van der Waals surface area (Å²) in [5, 5.41) is 15.0. The van der Waals surface area contributed by atoms with Crippen molar-refractivity contribution in [3.63, 3.8) is 0 Å². The molecule has 1 unspecified atom stereocenters. The predicted molar refractivity (Wildman–Crippen MR) is 286 cm³/mol. The SMILES string of the molecule is COc1cc(N2CCC(N3CCN(CCCC#Cc4cccc5c4CN(C4CCC(=O)NC4=O)C5=O)CC3)CC2)c(NC(=O)/C=C/c2cccs2)cc1Nc1ncc(Cl)c(Nc2ccccc2P(C)(C)=O)n1. The molecule has 0 bridgehead atoms. The van der Waals surface area contributed by atoms with Gasteiger partial charge in [-0.05, 0) is 99.0 Å². The number of hydrogen-bond donors (Lipinski definition) is 4. The molecular weight excluding hydrogens is 971 g/mol. The number of hydrogen-bond acceptors (Lipinski definition) is 14. The number of anilines is 6. The van der Waals surface area contributed by atoms with Gasteiger partial charge < -0.3 is 40.0 Å². The lowest BCUT2D eigenvalue weighted by atomic mass is 10.0. The van der Waals surface area contributed by atoms with Crippen LogP contribution in [0.4, 0.5) is 34.5 Å². The van der Waals surface area contributed by atoms with E-state index in [1.54, 1.807) is 48.8 Å². The first-order valence-corrected chi connectivity index (χ1v) is 28.1. The number of thiophene rings is 1. The molecule has 0 saturated carbocycles. The number of nitrogens with zero attached hydrogens (tertiary/aromatic N) is 6. The minimum Gasteiger partial charge on any atom is -0.494 e. The normalized spacial score (nSPS) is 17.9. The molecule has 6 heterocycles. The fourth-order valence-electron chi connectivity index (χ4n) is 9.80. The van der Waals surface area contributed by atoms with Gasteiger partial charge in [-0.3, -0.25) is 29.4 Å². The van der Waals surface area contributed by atoms with Gasteiger partial charge in [0.1, 0.15) is 24.0 Å². The third-order valence-corrected chi connectivity index (χ3v) is 16.2. The Hall–Kier alpha value is -6.54. The van der Waals surface area contributed by atoms with E-state index in [0.717, 1.165) is 93.2 Å². The van der Waals surface area contributed by atoms with E-state index < -0.39 is 19.1 Å². The molecule has 3 saturated heterocycles. The summed E-state index contributed by atoms with van der Waals surface area (Å²) in [6.45, 7) is 10.2. The highest BCUT2D eigenvalue weighted by molar-refractivity contribution is 7.70. The number of rotatable bonds is 15. The molecule has 1 atom stereocenters. The smallest absolute Gasteiger partial charge is 0.255 e. The number of unbranched alkanes of at least 4 members (excludes halogenated alkanes) is 1. The van der Waals surface area contributed by atoms with E-state index in [1.807, 2.05) is 66.0 Å². The van der Waals surface area contributed by atoms with Gasteiger partial charge in [0.05, 0.1) is 36.1 Å². The summed E-state index contributed by atoms with van der Waals surface area (Å²) in [5.74, 6) is 6.57. The highest BCUT2D eigenvalue weighted by Crippen LogP contribution is 2.41. The average Bonchev–Trinajstić information content (AvgIpc) is 4.02. The zero-order chi connectivity index (χ0) is 50.4. The summed E-state index contributed by atoms with van der Waals surface area (Å²) >= 11 is 8.14. The third kappa shape index (κ3) is 11.9. The van der Waals surface area contributed by atoms with Crippen molar-refractivity contribution in [2.75, 3.05) is 87.1 Å². The van der Waals surface area contributed by atoms with Crippen molar-refractivity contribution in [2.24, 2.45) is 0 Å². The first-order valence-electron chi connectivity index (χ1n) is 24.2. The molecule has 19 heteroatoms. The van der Waals surface area contributed by atoms with Crippen molar-refractivity contribution in [1.82, 2.24) is 30.0 Å². The molecule has 16 nitrogen and oxygen atoms in total. The maximum Gasteiger partial charge on any atom is 0.255 e. The van der Waals surface area contributed by atoms with E-state index in [2.05, 4.69) is 57.8 Å². The number of ether oxygens (including phenoxy) is 1. The summed E-state index contributed by atoms with van der Waals surface area (Å²) in [6, 6.07) is 20.4. The summed E-state index contributed by atoms with van der Waals surface area (Å²) < 4.78 is 19.0. The van der Waals surface area contributed by atoms with E-state index in [9.17, 15) is 23.7 Å². The molecule has 3 fully saturated rings. The number of halogens is 1. The quantitative estimate of drug-likeness (QED) is 0.0263. The summed E-state index contributed by atoms with van der Waals surface area (Å²) in [5.41, 5.74) is 4.86. The van der Waals surface area contributed by atoms with Crippen LogP contribution in [0.25, 0.3) is 6.08 Å². The van der Waals surface area contributed by atoms with Crippen LogP contribution in [-0.2, 0) is 25.5 Å². The first kappa shape index (κ1) is 50.4. The minimum atomic E-state index is -2.62. The van der Waals surface area contributed by atoms with Crippen LogP contribution in [0.5, 0.6) is 5.75 Å². The third-order valence-electron chi connectivity index (χ3n) is 13.6. The second-order valence-electron chi connectivity index (χ2n) is 18.6. The zero-order valence-corrected chi connectivity index (χ0v) is 43.0. The van der Waals surface area contributed by atoms with E-state index >= 15 is 0 Å². The molecule has 4 aliphatic rings. The lowest BCUT2D eigenvalue weighted by Crippen LogP contribution is -2.53. The largest absolute Gasteiger partial charge is 0.494 e. The molecule has 374 valence electrons. The summed E-state index contributed by atoms with van der Waals surface area (Å²) in [6.07, 6.45) is 8.98. The van der Waals surface area contributed by atoms with Crippen LogP contribution in [0.3, 0.4) is 0 Å². The van der Waals surface area contributed by atoms with Gasteiger partial charge in [0, 0.05) is 98.1 Å². The van der Waals surface area contributed by atoms with Crippen LogP contribution < -0.4 is 36.2 Å². The van der Waals surface area contributed by atoms with Crippen LogP contribution in [0.1, 0.15) is 64.9 Å². The number of methoxy groups -OCH3 is 1. The topological polar surface area (TPSA) is 181 Å². The monoisotopic (exact) mass is 1030 g/mol. The van der Waals surface area contributed by atoms with Crippen LogP contribution in [0, 0.1) is 11.8 Å². The summed E-state index contributed by atoms with van der Waals surface area (Å²) in [4.78, 5) is 70.1. The predicted octanol–water partition coefficient (Wildman–Crippen LogP) is 7.77. The Morgan fingerprint density at radius 2 is 1.76 bits per heavy atom. The van der Waals surface area contributed by atoms with E-state index in [-0.39, 0.29) is 35.1 Å². The second-order valence-corrected chi connectivity index (χ2v) is 23.2. The molecule has 4 aliphatic heterocycles. The van der Waals surface area contributed by atoms with Crippen LogP contribution in [0.15, 0.2) is 84.4 Å². The number of carbonyl (C=O) groups excluding carboxylic acids is 4. The van der Waals surface area contributed by atoms with E-state index in [1.165, 1.54) is 12.3 Å². The number of imide groups is 1. The number of piperazine rings is 1. The van der Waals surface area contributed by atoms with Gasteiger partial charge >= 0.3 is 0 Å². The van der Waals surface area contributed by atoms with Crippen molar-refractivity contribution in [1.29, 1.82) is 0 Å². The molecule has 0 radical (unpaired) electrons. The highest BCUT2D eigenvalue weighted by atomic mass is 35.5. The number of piperidine rings is 2. The van der Waals surface area contributed by atoms with Gasteiger partial charge in [-0.1, -0.05) is 47.7 Å². The Morgan fingerprint density at radius 3 is 2.51 bits per heavy atom. The van der Waals surface area contributed by atoms with Crippen LogP contribution >= 0.6 is 30.1 Å². The molecular formula is C53H58ClN10O6PS. The van der Waals surface area contributed by atoms with E-state index in [4.69, 9.17) is 16.3 Å². The molecule has 4 N–H and O–H groups in total. The Kier molecular flexibility index (Phi) is 15.7. The molecule has 5 aromatic rings. The lowest BCUT2D eigenvalue weighted by Gasteiger charge is -2.43. The highest BCUT2D eigenvalue weighted by Gasteiger charge is 2.40. The fourth-order valence-corrected chi connectivity index (χ4v) is 11.7. The number of benzene rings is 3. The lowest BCUT2D eigenvalue weighted by molar-refractivity contribution is -0.137. The van der Waals surface area contributed by atoms with Crippen LogP contribution in [-0.4, -0.2) is 127 Å². The fraction of sp³-hybridized carbons (Fsp3) is 0.358. The molecule has 9 rings (SSSR count). The number of fused-ring (bicyclic) bond motifs is 1. The van der Waals surface area contributed by atoms with Gasteiger partial charge in [-0.15, -0.1) is 11.3 Å². The average molecular weight is 1030 g/mol. The van der Waals surface area contributed by atoms with Crippen molar-refractivity contribution in [2.45, 2.75) is 57.2 Å². The first-order chi connectivity index (χ1) is 34.8. The van der Waals surface area contributed by atoms with Gasteiger partial charge in [0.15, 0.2) is 5.82 Å². The zero-order valence-electron chi connectivity index (χ0n) is 40.6. The van der Waals surface area contributed by atoms with Crippen molar-refractivity contribution in [3.05, 3.63) is 111 Å². The Labute approximate surface area is 428 Å². The second kappa shape index (κ2) is 22.5. The number of aromatic nitrogens is 2. The molecule has 0 spiro atoms. The van der Waals surface area contributed by atoms with Gasteiger partial charge in [-0.25, -0.2) is 4.98 Å². The molecule has 72 heavy (non-hydrogen) atoms. The Bertz CT molecular complexity index is 2990. The van der Waals surface area contributed by atoms with Crippen molar-refractivity contribution < 1.29 is 28.5 Å². The van der Waals surface area contributed by atoms with Gasteiger partial charge in [0.2, 0.25) is 23.7 Å². The van der Waals surface area contributed by atoms with Gasteiger partial charge in [-0.2, -0.15) is 4.98 Å². The molecule has 0 aliphatic carbocycles. The van der Waals surface area contributed by atoms with E-state index in [0.29, 0.717) is 58.5 Å². The number of para-hydroxylation sites is 1. The number of amides is 4. The van der Waals surface area contributed by atoms with Crippen molar-refractivity contribution >= 4 is 99.6 Å². The number of nitrogens with one attached hydrogen (secondary N) is 4. The minimum absolute atomic E-state index is 0.191. The number of carbonyl (C=O) groups is 4. The summed E-state index contributed by atoms with van der Waals surface area (Å²) in [7, 11) is -1.02. The standard InChI is InChI=1S/C53H58ClN10O6PS/c1-70-46-32-45(42(56-48(65)19-17-37-13-10-30-72-37)31-43(46)58-53-55-33-40(54)50(60-53)57-41-15-6-7-16-47(41)71(2,3)69)63-24-21-36(22-25-63)62-28-26-61(27-29-62)23-8-4-5-11-35-12-9-14-38-39(35)34-64(52(38)68)44-18-20-49(66)59-51(44)67/h6-7,9-10,12-17,19,30-33,36,44H,4,8,18,20-29,34H2,1-3H3,(H,56,65)(H,59,66,67)(H2,55,57,58,60)/b19-17+. The van der Waals surface area contributed by atoms with Crippen molar-refractivity contribution in [3.8, 4) is 17.6 Å². The molecule has 3 aromatic carbocycles. The Balaban J connectivity index is 0.808. The maximum atomic E-state index is 13.5. The maximum absolute atomic E-state index is 13.5. The molecule has 4 amide bonds. The van der Waals surface area contributed by atoms with Gasteiger partial charge in [0.25, 0.3) is 5.91 Å². The Morgan fingerprint density at radius 1 is 0.958 bits per heavy atom. The molecule has 2 aromatic heterocycles.